The summed E-state index contributed by atoms with van der Waals surface area (Å²) < 4.78 is 5.33. The van der Waals surface area contributed by atoms with Gasteiger partial charge in [-0.25, -0.2) is 4.98 Å². The maximum absolute atomic E-state index is 5.61. The molecule has 2 aliphatic rings. The number of hydrogen-bond donors (Lipinski definition) is 1. The Morgan fingerprint density at radius 2 is 2.24 bits per heavy atom. The average molecular weight is 234 g/mol. The van der Waals surface area contributed by atoms with Gasteiger partial charge in [0.05, 0.1) is 18.5 Å². The van der Waals surface area contributed by atoms with Crippen LogP contribution in [-0.4, -0.2) is 48.4 Å². The lowest BCUT2D eigenvalue weighted by Crippen LogP contribution is -2.52. The third-order valence-corrected chi connectivity index (χ3v) is 3.48. The molecular weight excluding hydrogens is 216 g/mol. The fourth-order valence-corrected chi connectivity index (χ4v) is 2.45. The molecule has 0 bridgehead atoms. The molecule has 1 aromatic heterocycles. The Morgan fingerprint density at radius 1 is 1.41 bits per heavy atom. The molecule has 0 aromatic carbocycles. The second kappa shape index (κ2) is 4.16. The lowest BCUT2D eigenvalue weighted by atomic mass is 10.1. The quantitative estimate of drug-likeness (QED) is 0.756. The van der Waals surface area contributed by atoms with Crippen molar-refractivity contribution < 1.29 is 4.74 Å². The number of nitrogen functional groups attached to an aromatic ring is 1. The first-order valence-electron chi connectivity index (χ1n) is 6.08. The maximum Gasteiger partial charge on any atom is 0.134 e. The third kappa shape index (κ3) is 2.21. The number of epoxide rings is 1. The number of piperazine rings is 1. The average Bonchev–Trinajstić information content (AvgIpc) is 3.14. The van der Waals surface area contributed by atoms with Crippen molar-refractivity contribution in [1.29, 1.82) is 0 Å². The van der Waals surface area contributed by atoms with E-state index < -0.39 is 0 Å². The van der Waals surface area contributed by atoms with Crippen LogP contribution in [0.25, 0.3) is 0 Å². The van der Waals surface area contributed by atoms with Gasteiger partial charge in [0.25, 0.3) is 0 Å². The summed E-state index contributed by atoms with van der Waals surface area (Å²) in [5.74, 6) is 0.575. The zero-order valence-corrected chi connectivity index (χ0v) is 10.0. The fourth-order valence-electron chi connectivity index (χ4n) is 2.45. The highest BCUT2D eigenvalue weighted by atomic mass is 16.6. The van der Waals surface area contributed by atoms with Gasteiger partial charge in [-0.1, -0.05) is 0 Å². The van der Waals surface area contributed by atoms with Crippen LogP contribution < -0.4 is 10.6 Å². The molecule has 92 valence electrons. The first-order chi connectivity index (χ1) is 8.24. The molecule has 0 aliphatic carbocycles. The molecule has 0 saturated carbocycles. The van der Waals surface area contributed by atoms with E-state index >= 15 is 0 Å². The van der Waals surface area contributed by atoms with E-state index in [1.165, 1.54) is 0 Å². The van der Waals surface area contributed by atoms with Crippen molar-refractivity contribution in [3.63, 3.8) is 0 Å². The molecule has 5 heteroatoms. The zero-order valence-electron chi connectivity index (χ0n) is 10.0. The van der Waals surface area contributed by atoms with Crippen LogP contribution in [0.15, 0.2) is 18.3 Å². The molecule has 0 radical (unpaired) electrons. The summed E-state index contributed by atoms with van der Waals surface area (Å²) in [7, 11) is 0. The molecular formula is C12H18N4O. The van der Waals surface area contributed by atoms with Gasteiger partial charge in [0.1, 0.15) is 12.0 Å². The fraction of sp³-hybridized carbons (Fsp3) is 0.583. The van der Waals surface area contributed by atoms with Crippen molar-refractivity contribution in [2.45, 2.75) is 19.2 Å². The summed E-state index contributed by atoms with van der Waals surface area (Å²) in [5.41, 5.74) is 6.76. The van der Waals surface area contributed by atoms with Gasteiger partial charge in [0, 0.05) is 25.7 Å². The first kappa shape index (κ1) is 10.8. The Labute approximate surface area is 101 Å². The zero-order chi connectivity index (χ0) is 11.8. The Hall–Kier alpha value is -1.33. The number of aromatic nitrogens is 1. The summed E-state index contributed by atoms with van der Waals surface area (Å²) in [6.45, 7) is 6.27. The van der Waals surface area contributed by atoms with Gasteiger partial charge in [-0.2, -0.15) is 0 Å². The van der Waals surface area contributed by atoms with E-state index in [4.69, 9.17) is 10.5 Å². The normalized spacial score (nSPS) is 29.4. The van der Waals surface area contributed by atoms with Crippen LogP contribution in [0.5, 0.6) is 0 Å². The van der Waals surface area contributed by atoms with Crippen LogP contribution in [0.4, 0.5) is 11.5 Å². The minimum Gasteiger partial charge on any atom is -0.384 e. The van der Waals surface area contributed by atoms with Crippen LogP contribution in [-0.2, 0) is 4.74 Å². The molecule has 3 rings (SSSR count). The standard InChI is InChI=1S/C12H18N4O/c1-9-7-15(12-8-17-12)4-5-16(9)10-2-3-11(13)14-6-10/h2-3,6,9,12H,4-5,7-8H2,1H3,(H2,13,14)/t9-,12?/m0/s1. The Kier molecular flexibility index (Phi) is 2.64. The lowest BCUT2D eigenvalue weighted by Gasteiger charge is -2.40. The Morgan fingerprint density at radius 3 is 2.82 bits per heavy atom. The minimum atomic E-state index is 0.379. The number of hydrogen-bond acceptors (Lipinski definition) is 5. The molecule has 3 heterocycles. The number of pyridine rings is 1. The molecule has 5 nitrogen and oxygen atoms in total. The molecule has 1 unspecified atom stereocenters. The van der Waals surface area contributed by atoms with Crippen LogP contribution in [0, 0.1) is 0 Å². The molecule has 0 amide bonds. The number of rotatable bonds is 2. The van der Waals surface area contributed by atoms with Crippen molar-refractivity contribution in [3.05, 3.63) is 18.3 Å². The highest BCUT2D eigenvalue weighted by Crippen LogP contribution is 2.24. The Balaban J connectivity index is 1.69. The van der Waals surface area contributed by atoms with Gasteiger partial charge in [-0.3, -0.25) is 4.90 Å². The predicted octanol–water partition coefficient (Wildman–Crippen LogP) is 0.531. The van der Waals surface area contributed by atoms with E-state index in [9.17, 15) is 0 Å². The number of nitrogens with two attached hydrogens (primary N) is 1. The highest BCUT2D eigenvalue weighted by molar-refractivity contribution is 5.49. The molecule has 2 fully saturated rings. The van der Waals surface area contributed by atoms with E-state index in [-0.39, 0.29) is 0 Å². The van der Waals surface area contributed by atoms with Gasteiger partial charge in [-0.15, -0.1) is 0 Å². The highest BCUT2D eigenvalue weighted by Gasteiger charge is 2.35. The number of anilines is 2. The number of nitrogens with zero attached hydrogens (tertiary/aromatic N) is 3. The molecule has 2 N–H and O–H groups in total. The SMILES string of the molecule is C[C@H]1CN(C2CO2)CCN1c1ccc(N)nc1. The van der Waals surface area contributed by atoms with Gasteiger partial charge >= 0.3 is 0 Å². The summed E-state index contributed by atoms with van der Waals surface area (Å²) >= 11 is 0. The monoisotopic (exact) mass is 234 g/mol. The second-order valence-electron chi connectivity index (χ2n) is 4.77. The molecule has 0 spiro atoms. The van der Waals surface area contributed by atoms with Crippen molar-refractivity contribution in [2.75, 3.05) is 36.9 Å². The largest absolute Gasteiger partial charge is 0.384 e. The number of ether oxygens (including phenoxy) is 1. The third-order valence-electron chi connectivity index (χ3n) is 3.48. The topological polar surface area (TPSA) is 57.9 Å². The first-order valence-corrected chi connectivity index (χ1v) is 6.08. The van der Waals surface area contributed by atoms with Crippen LogP contribution >= 0.6 is 0 Å². The molecule has 2 atom stereocenters. The van der Waals surface area contributed by atoms with E-state index in [0.29, 0.717) is 18.1 Å². The smallest absolute Gasteiger partial charge is 0.134 e. The summed E-state index contributed by atoms with van der Waals surface area (Å²) in [6, 6.07) is 4.39. The second-order valence-corrected chi connectivity index (χ2v) is 4.77. The maximum atomic E-state index is 5.61. The van der Waals surface area contributed by atoms with E-state index in [0.717, 1.165) is 31.9 Å². The van der Waals surface area contributed by atoms with Crippen molar-refractivity contribution in [2.24, 2.45) is 0 Å². The minimum absolute atomic E-state index is 0.379. The van der Waals surface area contributed by atoms with Gasteiger partial charge < -0.3 is 15.4 Å². The van der Waals surface area contributed by atoms with Crippen molar-refractivity contribution in [3.8, 4) is 0 Å². The molecule has 2 saturated heterocycles. The predicted molar refractivity (Wildman–Crippen MR) is 66.8 cm³/mol. The van der Waals surface area contributed by atoms with Gasteiger partial charge in [0.15, 0.2) is 0 Å². The van der Waals surface area contributed by atoms with Gasteiger partial charge in [0.2, 0.25) is 0 Å². The molecule has 1 aromatic rings. The van der Waals surface area contributed by atoms with Crippen molar-refractivity contribution in [1.82, 2.24) is 9.88 Å². The van der Waals surface area contributed by atoms with Crippen LogP contribution in [0.1, 0.15) is 6.92 Å². The van der Waals surface area contributed by atoms with Crippen LogP contribution in [0.3, 0.4) is 0 Å². The van der Waals surface area contributed by atoms with Crippen LogP contribution in [0.2, 0.25) is 0 Å². The summed E-state index contributed by atoms with van der Waals surface area (Å²) in [5, 5.41) is 0. The molecule has 17 heavy (non-hydrogen) atoms. The van der Waals surface area contributed by atoms with Gasteiger partial charge in [-0.05, 0) is 19.1 Å². The Bertz CT molecular complexity index is 390. The summed E-state index contributed by atoms with van der Waals surface area (Å²) in [6.07, 6.45) is 2.24. The molecule has 2 aliphatic heterocycles. The van der Waals surface area contributed by atoms with E-state index in [1.807, 2.05) is 18.3 Å². The lowest BCUT2D eigenvalue weighted by molar-refractivity contribution is 0.150. The summed E-state index contributed by atoms with van der Waals surface area (Å²) in [4.78, 5) is 8.94. The van der Waals surface area contributed by atoms with E-state index in [1.54, 1.807) is 0 Å². The van der Waals surface area contributed by atoms with Crippen molar-refractivity contribution >= 4 is 11.5 Å². The van der Waals surface area contributed by atoms with E-state index in [2.05, 4.69) is 21.7 Å².